The first-order chi connectivity index (χ1) is 17.5. The van der Waals surface area contributed by atoms with E-state index in [0.29, 0.717) is 0 Å². The number of ether oxygens (including phenoxy) is 1. The van der Waals surface area contributed by atoms with Gasteiger partial charge in [0, 0.05) is 12.5 Å². The van der Waals surface area contributed by atoms with Crippen LogP contribution in [-0.4, -0.2) is 63.5 Å². The van der Waals surface area contributed by atoms with Crippen molar-refractivity contribution < 1.29 is 31.9 Å². The van der Waals surface area contributed by atoms with E-state index in [1.807, 2.05) is 60.7 Å². The van der Waals surface area contributed by atoms with Gasteiger partial charge >= 0.3 is 5.97 Å². The molecule has 2 aromatic rings. The number of alkyl halides is 3. The van der Waals surface area contributed by atoms with Gasteiger partial charge in [0.1, 0.15) is 17.6 Å². The lowest BCUT2D eigenvalue weighted by atomic mass is 9.66. The van der Waals surface area contributed by atoms with Gasteiger partial charge in [0.15, 0.2) is 0 Å². The van der Waals surface area contributed by atoms with Gasteiger partial charge in [-0.25, -0.2) is 18.0 Å². The molecule has 2 atom stereocenters. The molecular formula is C28H34F3NO4Si. The maximum Gasteiger partial charge on any atom is 0.328 e. The van der Waals surface area contributed by atoms with E-state index >= 15 is 0 Å². The minimum absolute atomic E-state index is 0.199. The lowest BCUT2D eigenvalue weighted by Gasteiger charge is -2.53. The van der Waals surface area contributed by atoms with Gasteiger partial charge in [0.25, 0.3) is 14.7 Å². The Morgan fingerprint density at radius 2 is 1.51 bits per heavy atom. The standard InChI is InChI=1S/C28H34F3NO4Si/c1-27(2,3)37(21-11-7-5-8-12-21,22-13-9-6-10-14-22)36-20-16-28(17-20,25(30)31)26(34)32-18-19(29)15-23(32)24(33)35-4/h5-14,19-20,23,25H,15-18H2,1-4H3/t19-,20?,23+,28?/m1/s1. The molecule has 1 saturated carbocycles. The fourth-order valence-corrected chi connectivity index (χ4v) is 10.6. The quantitative estimate of drug-likeness (QED) is 0.398. The lowest BCUT2D eigenvalue weighted by Crippen LogP contribution is -2.70. The van der Waals surface area contributed by atoms with Gasteiger partial charge in [-0.15, -0.1) is 0 Å². The Balaban J connectivity index is 1.67. The zero-order chi connectivity index (χ0) is 27.0. The molecular weight excluding hydrogens is 499 g/mol. The van der Waals surface area contributed by atoms with E-state index in [-0.39, 0.29) is 24.3 Å². The van der Waals surface area contributed by atoms with Gasteiger partial charge in [-0.05, 0) is 28.3 Å². The Labute approximate surface area is 217 Å². The fraction of sp³-hybridized carbons (Fsp3) is 0.500. The molecule has 0 N–H and O–H groups in total. The van der Waals surface area contributed by atoms with E-state index in [9.17, 15) is 22.8 Å². The van der Waals surface area contributed by atoms with Crippen LogP contribution < -0.4 is 10.4 Å². The number of methoxy groups -OCH3 is 1. The molecule has 2 fully saturated rings. The van der Waals surface area contributed by atoms with Crippen LogP contribution >= 0.6 is 0 Å². The summed E-state index contributed by atoms with van der Waals surface area (Å²) in [5.74, 6) is -1.70. The second kappa shape index (κ2) is 10.2. The molecule has 37 heavy (non-hydrogen) atoms. The summed E-state index contributed by atoms with van der Waals surface area (Å²) in [6.07, 6.45) is -5.68. The van der Waals surface area contributed by atoms with Crippen LogP contribution in [0.1, 0.15) is 40.0 Å². The third kappa shape index (κ3) is 4.72. The third-order valence-corrected chi connectivity index (χ3v) is 12.9. The van der Waals surface area contributed by atoms with Gasteiger partial charge in [-0.2, -0.15) is 0 Å². The molecule has 1 saturated heterocycles. The van der Waals surface area contributed by atoms with Crippen LogP contribution in [0.15, 0.2) is 60.7 Å². The van der Waals surface area contributed by atoms with Gasteiger partial charge in [-0.1, -0.05) is 81.4 Å². The van der Waals surface area contributed by atoms with Crippen LogP contribution in [0.5, 0.6) is 0 Å². The summed E-state index contributed by atoms with van der Waals surface area (Å²) in [4.78, 5) is 26.6. The Morgan fingerprint density at radius 1 is 1.00 bits per heavy atom. The zero-order valence-corrected chi connectivity index (χ0v) is 22.6. The second-order valence-corrected chi connectivity index (χ2v) is 15.4. The number of nitrogens with zero attached hydrogens (tertiary/aromatic N) is 1. The summed E-state index contributed by atoms with van der Waals surface area (Å²) in [6, 6.07) is 18.5. The molecule has 2 aromatic carbocycles. The summed E-state index contributed by atoms with van der Waals surface area (Å²) >= 11 is 0. The van der Waals surface area contributed by atoms with Crippen molar-refractivity contribution in [1.82, 2.24) is 4.90 Å². The van der Waals surface area contributed by atoms with E-state index in [1.165, 1.54) is 0 Å². The molecule has 0 radical (unpaired) electrons. The van der Waals surface area contributed by atoms with E-state index in [1.54, 1.807) is 0 Å². The largest absolute Gasteiger partial charge is 0.467 e. The molecule has 1 amide bonds. The summed E-state index contributed by atoms with van der Waals surface area (Å²) in [7, 11) is -1.86. The molecule has 0 unspecified atom stereocenters. The number of carbonyl (C=O) groups excluding carboxylic acids is 2. The van der Waals surface area contributed by atoms with Crippen molar-refractivity contribution in [3.05, 3.63) is 60.7 Å². The first-order valence-electron chi connectivity index (χ1n) is 12.6. The third-order valence-electron chi connectivity index (χ3n) is 7.77. The highest BCUT2D eigenvalue weighted by molar-refractivity contribution is 6.99. The van der Waals surface area contributed by atoms with Crippen molar-refractivity contribution in [2.24, 2.45) is 5.41 Å². The van der Waals surface area contributed by atoms with Gasteiger partial charge in [-0.3, -0.25) is 4.79 Å². The Kier molecular flexibility index (Phi) is 7.59. The van der Waals surface area contributed by atoms with E-state index < -0.39 is 56.9 Å². The van der Waals surface area contributed by atoms with Gasteiger partial charge < -0.3 is 14.1 Å². The van der Waals surface area contributed by atoms with Crippen LogP contribution in [0.25, 0.3) is 0 Å². The SMILES string of the molecule is COC(=O)[C@@H]1C[C@@H](F)CN1C(=O)C1(C(F)F)CC(O[Si](c2ccccc2)(c2ccccc2)C(C)(C)C)C1. The molecule has 1 aliphatic carbocycles. The van der Waals surface area contributed by atoms with Crippen LogP contribution in [-0.2, 0) is 18.8 Å². The molecule has 1 heterocycles. The Morgan fingerprint density at radius 3 is 1.95 bits per heavy atom. The van der Waals surface area contributed by atoms with Crippen LogP contribution in [0.2, 0.25) is 5.04 Å². The van der Waals surface area contributed by atoms with Crippen molar-refractivity contribution in [2.75, 3.05) is 13.7 Å². The summed E-state index contributed by atoms with van der Waals surface area (Å²) in [6.45, 7) is 5.88. The first kappa shape index (κ1) is 27.4. The fourth-order valence-electron chi connectivity index (χ4n) is 5.88. The average molecular weight is 534 g/mol. The van der Waals surface area contributed by atoms with Crippen LogP contribution in [0, 0.1) is 5.41 Å². The lowest BCUT2D eigenvalue weighted by molar-refractivity contribution is -0.179. The minimum Gasteiger partial charge on any atom is -0.467 e. The number of carbonyl (C=O) groups is 2. The maximum absolute atomic E-state index is 14.5. The van der Waals surface area contributed by atoms with Crippen molar-refractivity contribution in [1.29, 1.82) is 0 Å². The summed E-state index contributed by atoms with van der Waals surface area (Å²) in [5, 5.41) is 1.68. The molecule has 0 bridgehead atoms. The van der Waals surface area contributed by atoms with Crippen molar-refractivity contribution in [3.8, 4) is 0 Å². The predicted molar refractivity (Wildman–Crippen MR) is 137 cm³/mol. The summed E-state index contributed by atoms with van der Waals surface area (Å²) in [5.41, 5.74) is -2.02. The molecule has 0 spiro atoms. The molecule has 1 aliphatic heterocycles. The highest BCUT2D eigenvalue weighted by Gasteiger charge is 2.63. The smallest absolute Gasteiger partial charge is 0.328 e. The number of benzene rings is 2. The molecule has 9 heteroatoms. The molecule has 5 nitrogen and oxygen atoms in total. The maximum atomic E-state index is 14.5. The first-order valence-corrected chi connectivity index (χ1v) is 14.5. The number of hydrogen-bond acceptors (Lipinski definition) is 4. The van der Waals surface area contributed by atoms with Gasteiger partial charge in [0.2, 0.25) is 5.91 Å². The number of rotatable bonds is 7. The van der Waals surface area contributed by atoms with E-state index in [0.717, 1.165) is 22.4 Å². The highest BCUT2D eigenvalue weighted by Crippen LogP contribution is 2.52. The predicted octanol–water partition coefficient (Wildman–Crippen LogP) is 4.09. The van der Waals surface area contributed by atoms with E-state index in [2.05, 4.69) is 20.8 Å². The average Bonchev–Trinajstić information content (AvgIpc) is 3.24. The van der Waals surface area contributed by atoms with Gasteiger partial charge in [0.05, 0.1) is 13.7 Å². The summed E-state index contributed by atoms with van der Waals surface area (Å²) < 4.78 is 54.9. The normalized spacial score (nSPS) is 26.2. The number of hydrogen-bond donors (Lipinski definition) is 0. The van der Waals surface area contributed by atoms with E-state index in [4.69, 9.17) is 9.16 Å². The molecule has 0 aromatic heterocycles. The van der Waals surface area contributed by atoms with Crippen LogP contribution in [0.4, 0.5) is 13.2 Å². The van der Waals surface area contributed by atoms with Crippen molar-refractivity contribution in [2.45, 2.75) is 69.8 Å². The number of esters is 1. The monoisotopic (exact) mass is 533 g/mol. The number of halogens is 3. The minimum atomic E-state index is -3.00. The number of likely N-dealkylation sites (tertiary alicyclic amines) is 1. The van der Waals surface area contributed by atoms with Crippen LogP contribution in [0.3, 0.4) is 0 Å². The Hall–Kier alpha value is -2.65. The number of amides is 1. The second-order valence-electron chi connectivity index (χ2n) is 11.1. The molecule has 4 rings (SSSR count). The highest BCUT2D eigenvalue weighted by atomic mass is 28.4. The molecule has 2 aliphatic rings. The Bertz CT molecular complexity index is 1060. The topological polar surface area (TPSA) is 55.8 Å². The van der Waals surface area contributed by atoms with Crippen molar-refractivity contribution in [3.63, 3.8) is 0 Å². The zero-order valence-electron chi connectivity index (χ0n) is 21.6. The molecule has 200 valence electrons. The van der Waals surface area contributed by atoms with Crippen molar-refractivity contribution >= 4 is 30.6 Å².